The summed E-state index contributed by atoms with van der Waals surface area (Å²) >= 11 is 0. The Bertz CT molecular complexity index is 782. The van der Waals surface area contributed by atoms with Crippen molar-refractivity contribution in [1.29, 1.82) is 0 Å². The zero-order valence-corrected chi connectivity index (χ0v) is 13.3. The van der Waals surface area contributed by atoms with Crippen LogP contribution in [0, 0.1) is 11.6 Å². The first-order chi connectivity index (χ1) is 11.3. The summed E-state index contributed by atoms with van der Waals surface area (Å²) < 4.78 is 33.4. The van der Waals surface area contributed by atoms with Gasteiger partial charge in [-0.1, -0.05) is 0 Å². The third kappa shape index (κ3) is 3.20. The normalized spacial score (nSPS) is 18.2. The van der Waals surface area contributed by atoms with E-state index in [9.17, 15) is 18.7 Å². The number of halogens is 2. The number of pyridine rings is 1. The first-order valence-electron chi connectivity index (χ1n) is 7.58. The molecule has 1 aromatic heterocycles. The predicted molar refractivity (Wildman–Crippen MR) is 83.2 cm³/mol. The number of benzene rings is 1. The van der Waals surface area contributed by atoms with Crippen LogP contribution in [0.25, 0.3) is 11.3 Å². The van der Waals surface area contributed by atoms with Gasteiger partial charge in [0, 0.05) is 17.5 Å². The van der Waals surface area contributed by atoms with Crippen LogP contribution in [0.3, 0.4) is 0 Å². The van der Waals surface area contributed by atoms with Crippen LogP contribution < -0.4 is 0 Å². The van der Waals surface area contributed by atoms with Gasteiger partial charge in [0.15, 0.2) is 11.6 Å². The maximum Gasteiger partial charge on any atom is 0.161 e. The summed E-state index contributed by atoms with van der Waals surface area (Å²) in [5.74, 6) is -1.18. The Morgan fingerprint density at radius 3 is 2.46 bits per heavy atom. The fraction of sp³-hybridized carbons (Fsp3) is 0.333. The largest absolute Gasteiger partial charge is 0.386 e. The molecule has 1 N–H and O–H groups in total. The van der Waals surface area contributed by atoms with Crippen LogP contribution in [0.2, 0.25) is 0 Å². The quantitative estimate of drug-likeness (QED) is 0.936. The van der Waals surface area contributed by atoms with Crippen molar-refractivity contribution in [2.75, 3.05) is 6.61 Å². The molecule has 24 heavy (non-hydrogen) atoms. The van der Waals surface area contributed by atoms with Gasteiger partial charge in [-0.3, -0.25) is 4.79 Å². The lowest BCUT2D eigenvalue weighted by Crippen LogP contribution is -2.20. The van der Waals surface area contributed by atoms with Gasteiger partial charge in [0.2, 0.25) is 0 Å². The molecule has 2 aromatic rings. The summed E-state index contributed by atoms with van der Waals surface area (Å²) in [5.41, 5.74) is -0.647. The van der Waals surface area contributed by atoms with Gasteiger partial charge in [0.05, 0.1) is 11.3 Å². The molecule has 1 saturated heterocycles. The fourth-order valence-electron chi connectivity index (χ4n) is 2.67. The molecule has 0 saturated carbocycles. The Balaban J connectivity index is 2.16. The number of nitrogens with zero attached hydrogens (tertiary/aromatic N) is 1. The van der Waals surface area contributed by atoms with Crippen LogP contribution in [0.15, 0.2) is 30.3 Å². The number of ketones is 1. The highest BCUT2D eigenvalue weighted by Crippen LogP contribution is 2.34. The number of ether oxygens (including phenoxy) is 1. The van der Waals surface area contributed by atoms with Crippen molar-refractivity contribution in [1.82, 2.24) is 4.98 Å². The summed E-state index contributed by atoms with van der Waals surface area (Å²) in [4.78, 5) is 15.7. The molecule has 0 aliphatic carbocycles. The number of aromatic nitrogens is 1. The third-order valence-electron chi connectivity index (χ3n) is 3.94. The maximum atomic E-state index is 14.9. The molecule has 1 aliphatic heterocycles. The fourth-order valence-corrected chi connectivity index (χ4v) is 2.67. The lowest BCUT2D eigenvalue weighted by Gasteiger charge is -2.22. The number of hydrogen-bond acceptors (Lipinski definition) is 4. The summed E-state index contributed by atoms with van der Waals surface area (Å²) in [6.07, 6.45) is -0.411. The molecular weight excluding hydrogens is 316 g/mol. The van der Waals surface area contributed by atoms with Gasteiger partial charge in [0.1, 0.15) is 24.2 Å². The predicted octanol–water partition coefficient (Wildman–Crippen LogP) is 3.28. The minimum absolute atomic E-state index is 0.00649. The lowest BCUT2D eigenvalue weighted by molar-refractivity contribution is -0.117. The molecule has 2 heterocycles. The van der Waals surface area contributed by atoms with Gasteiger partial charge in [-0.05, 0) is 44.2 Å². The van der Waals surface area contributed by atoms with Crippen LogP contribution >= 0.6 is 0 Å². The third-order valence-corrected chi connectivity index (χ3v) is 3.94. The second kappa shape index (κ2) is 6.03. The molecular formula is C18H17F2NO3. The molecule has 3 rings (SSSR count). The van der Waals surface area contributed by atoms with Crippen molar-refractivity contribution < 1.29 is 23.4 Å². The van der Waals surface area contributed by atoms with E-state index in [-0.39, 0.29) is 30.1 Å². The van der Waals surface area contributed by atoms with Gasteiger partial charge in [-0.15, -0.1) is 0 Å². The zero-order chi connectivity index (χ0) is 17.5. The SMILES string of the molecule is CC(C)(O)c1cc(C2CC(=O)CO2)nc(-c2ccc(F)cc2)c1F. The highest BCUT2D eigenvalue weighted by atomic mass is 19.1. The molecule has 0 radical (unpaired) electrons. The van der Waals surface area contributed by atoms with E-state index >= 15 is 0 Å². The van der Waals surface area contributed by atoms with E-state index in [1.54, 1.807) is 0 Å². The molecule has 1 fully saturated rings. The number of aliphatic hydroxyl groups is 1. The van der Waals surface area contributed by atoms with Crippen LogP contribution in [-0.2, 0) is 15.1 Å². The minimum Gasteiger partial charge on any atom is -0.386 e. The Kier molecular flexibility index (Phi) is 4.19. The highest BCUT2D eigenvalue weighted by Gasteiger charge is 2.31. The second-order valence-electron chi connectivity index (χ2n) is 6.37. The average Bonchev–Trinajstić information content (AvgIpc) is 2.94. The van der Waals surface area contributed by atoms with Crippen LogP contribution in [-0.4, -0.2) is 22.5 Å². The van der Waals surface area contributed by atoms with E-state index in [2.05, 4.69) is 4.98 Å². The van der Waals surface area contributed by atoms with E-state index in [1.807, 2.05) is 0 Å². The van der Waals surface area contributed by atoms with Crippen molar-refractivity contribution in [3.8, 4) is 11.3 Å². The lowest BCUT2D eigenvalue weighted by atomic mass is 9.94. The number of carbonyl (C=O) groups is 1. The highest BCUT2D eigenvalue weighted by molar-refractivity contribution is 5.82. The molecule has 126 valence electrons. The first kappa shape index (κ1) is 16.7. The Hall–Kier alpha value is -2.18. The maximum absolute atomic E-state index is 14.9. The summed E-state index contributed by atoms with van der Waals surface area (Å²) in [6.45, 7) is 2.92. The number of carbonyl (C=O) groups excluding carboxylic acids is 1. The van der Waals surface area contributed by atoms with Crippen molar-refractivity contribution in [2.24, 2.45) is 0 Å². The zero-order valence-electron chi connectivity index (χ0n) is 13.3. The molecule has 0 amide bonds. The molecule has 1 unspecified atom stereocenters. The van der Waals surface area contributed by atoms with E-state index in [4.69, 9.17) is 4.74 Å². The van der Waals surface area contributed by atoms with Crippen LogP contribution in [0.4, 0.5) is 8.78 Å². The van der Waals surface area contributed by atoms with Gasteiger partial charge in [-0.25, -0.2) is 13.8 Å². The van der Waals surface area contributed by atoms with Gasteiger partial charge < -0.3 is 9.84 Å². The van der Waals surface area contributed by atoms with Gasteiger partial charge in [0.25, 0.3) is 0 Å². The summed E-state index contributed by atoms with van der Waals surface area (Å²) in [7, 11) is 0. The summed E-state index contributed by atoms with van der Waals surface area (Å²) in [6, 6.07) is 6.68. The number of hydrogen-bond donors (Lipinski definition) is 1. The summed E-state index contributed by atoms with van der Waals surface area (Å²) in [5, 5.41) is 10.3. The Morgan fingerprint density at radius 2 is 1.92 bits per heavy atom. The van der Waals surface area contributed by atoms with E-state index in [1.165, 1.54) is 44.2 Å². The van der Waals surface area contributed by atoms with Crippen molar-refractivity contribution >= 4 is 5.78 Å². The van der Waals surface area contributed by atoms with Crippen LogP contribution in [0.1, 0.15) is 37.6 Å². The van der Waals surface area contributed by atoms with Crippen LogP contribution in [0.5, 0.6) is 0 Å². The molecule has 4 nitrogen and oxygen atoms in total. The molecule has 0 bridgehead atoms. The molecule has 1 atom stereocenters. The van der Waals surface area contributed by atoms with E-state index < -0.39 is 23.3 Å². The Morgan fingerprint density at radius 1 is 1.25 bits per heavy atom. The smallest absolute Gasteiger partial charge is 0.161 e. The Labute approximate surface area is 138 Å². The average molecular weight is 333 g/mol. The van der Waals surface area contributed by atoms with Gasteiger partial charge in [-0.2, -0.15) is 0 Å². The van der Waals surface area contributed by atoms with Crippen molar-refractivity contribution in [3.05, 3.63) is 53.2 Å². The van der Waals surface area contributed by atoms with E-state index in [0.29, 0.717) is 11.3 Å². The standard InChI is InChI=1S/C18H17F2NO3/c1-18(2,23)13-8-14(15-7-12(22)9-24-15)21-17(16(13)20)10-3-5-11(19)6-4-10/h3-6,8,15,23H,7,9H2,1-2H3. The minimum atomic E-state index is -1.45. The molecule has 6 heteroatoms. The first-order valence-corrected chi connectivity index (χ1v) is 7.58. The second-order valence-corrected chi connectivity index (χ2v) is 6.37. The number of Topliss-reactive ketones (excluding diaryl/α,β-unsaturated/α-hetero) is 1. The van der Waals surface area contributed by atoms with Crippen molar-refractivity contribution in [2.45, 2.75) is 32.0 Å². The molecule has 0 spiro atoms. The van der Waals surface area contributed by atoms with Crippen molar-refractivity contribution in [3.63, 3.8) is 0 Å². The van der Waals surface area contributed by atoms with Gasteiger partial charge >= 0.3 is 0 Å². The number of rotatable bonds is 3. The topological polar surface area (TPSA) is 59.4 Å². The van der Waals surface area contributed by atoms with E-state index in [0.717, 1.165) is 0 Å². The molecule has 1 aromatic carbocycles. The monoisotopic (exact) mass is 333 g/mol. The molecule has 1 aliphatic rings.